The molecule has 0 saturated carbocycles. The van der Waals surface area contributed by atoms with Gasteiger partial charge in [-0.15, -0.1) is 11.3 Å². The molecule has 13 heteroatoms. The first kappa shape index (κ1) is 26.5. The van der Waals surface area contributed by atoms with E-state index in [0.29, 0.717) is 38.4 Å². The van der Waals surface area contributed by atoms with Crippen LogP contribution in [0.3, 0.4) is 0 Å². The van der Waals surface area contributed by atoms with E-state index in [1.807, 2.05) is 17.5 Å². The molecule has 35 heavy (non-hydrogen) atoms. The molecular formula is C22H23F4N3O5S. The maximum atomic E-state index is 13.0. The third-order valence-corrected chi connectivity index (χ3v) is 6.52. The first-order valence-corrected chi connectivity index (χ1v) is 11.5. The highest BCUT2D eigenvalue weighted by Gasteiger charge is 2.45. The summed E-state index contributed by atoms with van der Waals surface area (Å²) in [5.41, 5.74) is 0.550. The summed E-state index contributed by atoms with van der Waals surface area (Å²) in [5.74, 6) is -2.90. The van der Waals surface area contributed by atoms with Crippen LogP contribution in [0.5, 0.6) is 0 Å². The van der Waals surface area contributed by atoms with E-state index in [1.54, 1.807) is 16.2 Å². The molecule has 2 N–H and O–H groups in total. The first-order chi connectivity index (χ1) is 16.5. The fourth-order valence-corrected chi connectivity index (χ4v) is 4.54. The van der Waals surface area contributed by atoms with E-state index >= 15 is 0 Å². The summed E-state index contributed by atoms with van der Waals surface area (Å²) in [6.07, 6.45) is -3.42. The van der Waals surface area contributed by atoms with Gasteiger partial charge >= 0.3 is 12.1 Å². The third kappa shape index (κ3) is 7.72. The van der Waals surface area contributed by atoms with Crippen LogP contribution in [0, 0.1) is 17.7 Å². The Kier molecular flexibility index (Phi) is 8.78. The van der Waals surface area contributed by atoms with Crippen molar-refractivity contribution in [3.05, 3.63) is 52.2 Å². The van der Waals surface area contributed by atoms with Gasteiger partial charge in [0, 0.05) is 36.0 Å². The normalized spacial score (nSPS) is 21.1. The highest BCUT2D eigenvalue weighted by molar-refractivity contribution is 7.09. The molecule has 4 heterocycles. The molecule has 8 nitrogen and oxygen atoms in total. The monoisotopic (exact) mass is 517 g/mol. The number of aliphatic carboxylic acids is 1. The smallest absolute Gasteiger partial charge is 0.475 e. The zero-order valence-corrected chi connectivity index (χ0v) is 19.2. The number of pyridine rings is 1. The van der Waals surface area contributed by atoms with Gasteiger partial charge in [-0.05, 0) is 29.5 Å². The number of hydrogen-bond donors (Lipinski definition) is 2. The van der Waals surface area contributed by atoms with Crippen LogP contribution in [-0.4, -0.2) is 64.8 Å². The molecule has 0 bridgehead atoms. The van der Waals surface area contributed by atoms with E-state index in [0.717, 1.165) is 11.1 Å². The molecule has 4 rings (SSSR count). The zero-order valence-electron chi connectivity index (χ0n) is 18.3. The van der Waals surface area contributed by atoms with Crippen molar-refractivity contribution in [1.29, 1.82) is 0 Å². The zero-order chi connectivity index (χ0) is 25.6. The molecule has 0 aliphatic carbocycles. The van der Waals surface area contributed by atoms with Gasteiger partial charge in [0.2, 0.25) is 11.8 Å². The van der Waals surface area contributed by atoms with E-state index in [-0.39, 0.29) is 36.2 Å². The number of likely N-dealkylation sites (tertiary alicyclic amines) is 1. The van der Waals surface area contributed by atoms with Crippen molar-refractivity contribution in [3.63, 3.8) is 0 Å². The van der Waals surface area contributed by atoms with Crippen molar-refractivity contribution in [1.82, 2.24) is 15.2 Å². The Morgan fingerprint density at radius 3 is 2.57 bits per heavy atom. The van der Waals surface area contributed by atoms with Crippen molar-refractivity contribution in [2.45, 2.75) is 31.7 Å². The lowest BCUT2D eigenvalue weighted by atomic mass is 9.90. The van der Waals surface area contributed by atoms with Crippen LogP contribution in [0.4, 0.5) is 17.6 Å². The maximum absolute atomic E-state index is 13.0. The van der Waals surface area contributed by atoms with E-state index in [1.165, 1.54) is 12.1 Å². The Bertz CT molecular complexity index is 1020. The number of thiophene rings is 1. The van der Waals surface area contributed by atoms with Crippen LogP contribution in [0.15, 0.2) is 35.8 Å². The standard InChI is InChI=1S/C20H22FN3O3S.C2HF3O2/c21-14-3-4-15(22-8-14)7-20(26)24-10-17-13(12-27-18(17)11-24)6-19(25)23-9-16-2-1-5-28-16;3-2(4,5)1(6)7/h1-5,8,13,17-18H,6-7,9-12H2,(H,23,25);(H,6,7)/t13-,17+,18+;/m0./s1. The maximum Gasteiger partial charge on any atom is 0.490 e. The number of aromatic nitrogens is 1. The highest BCUT2D eigenvalue weighted by Crippen LogP contribution is 2.35. The Labute approximate surface area is 201 Å². The number of rotatable bonds is 6. The van der Waals surface area contributed by atoms with Crippen LogP contribution < -0.4 is 5.32 Å². The number of carboxylic acids is 1. The summed E-state index contributed by atoms with van der Waals surface area (Å²) in [6.45, 7) is 2.24. The van der Waals surface area contributed by atoms with Crippen LogP contribution >= 0.6 is 11.3 Å². The average Bonchev–Trinajstić information content (AvgIpc) is 3.52. The number of nitrogens with one attached hydrogen (secondary N) is 1. The van der Waals surface area contributed by atoms with Crippen molar-refractivity contribution in [3.8, 4) is 0 Å². The summed E-state index contributed by atoms with van der Waals surface area (Å²) in [5, 5.41) is 12.1. The highest BCUT2D eigenvalue weighted by atomic mass is 32.1. The molecular weight excluding hydrogens is 494 g/mol. The van der Waals surface area contributed by atoms with Gasteiger partial charge in [0.15, 0.2) is 0 Å². The molecule has 2 amide bonds. The van der Waals surface area contributed by atoms with E-state index in [2.05, 4.69) is 10.3 Å². The molecule has 0 radical (unpaired) electrons. The first-order valence-electron chi connectivity index (χ1n) is 10.6. The van der Waals surface area contributed by atoms with Gasteiger partial charge < -0.3 is 20.1 Å². The molecule has 2 saturated heterocycles. The van der Waals surface area contributed by atoms with Crippen LogP contribution in [-0.2, 0) is 32.1 Å². The third-order valence-electron chi connectivity index (χ3n) is 5.64. The number of alkyl halides is 3. The molecule has 2 aromatic rings. The van der Waals surface area contributed by atoms with Gasteiger partial charge in [-0.25, -0.2) is 9.18 Å². The van der Waals surface area contributed by atoms with Crippen LogP contribution in [0.2, 0.25) is 0 Å². The minimum absolute atomic E-state index is 0.0137. The number of fused-ring (bicyclic) bond motifs is 1. The van der Waals surface area contributed by atoms with Crippen molar-refractivity contribution >= 4 is 29.1 Å². The van der Waals surface area contributed by atoms with Crippen LogP contribution in [0.25, 0.3) is 0 Å². The van der Waals surface area contributed by atoms with E-state index < -0.39 is 18.0 Å². The fraction of sp³-hybridized carbons (Fsp3) is 0.455. The molecule has 3 atom stereocenters. The average molecular weight is 518 g/mol. The predicted molar refractivity (Wildman–Crippen MR) is 116 cm³/mol. The fourth-order valence-electron chi connectivity index (χ4n) is 3.90. The largest absolute Gasteiger partial charge is 0.490 e. The molecule has 0 unspecified atom stereocenters. The Morgan fingerprint density at radius 2 is 1.97 bits per heavy atom. The Morgan fingerprint density at radius 1 is 1.23 bits per heavy atom. The molecule has 0 spiro atoms. The molecule has 2 aliphatic heterocycles. The Hall–Kier alpha value is -3.06. The number of nitrogens with zero attached hydrogens (tertiary/aromatic N) is 2. The second-order valence-electron chi connectivity index (χ2n) is 8.10. The lowest BCUT2D eigenvalue weighted by molar-refractivity contribution is -0.192. The van der Waals surface area contributed by atoms with Gasteiger partial charge in [-0.2, -0.15) is 13.2 Å². The summed E-state index contributed by atoms with van der Waals surface area (Å²) in [4.78, 5) is 40.6. The number of carboxylic acid groups (broad SMARTS) is 1. The van der Waals surface area contributed by atoms with Gasteiger partial charge in [0.05, 0.1) is 31.9 Å². The number of carbonyl (C=O) groups excluding carboxylic acids is 2. The lowest BCUT2D eigenvalue weighted by Gasteiger charge is -2.19. The van der Waals surface area contributed by atoms with Crippen molar-refractivity contribution in [2.75, 3.05) is 19.7 Å². The summed E-state index contributed by atoms with van der Waals surface area (Å²) in [7, 11) is 0. The molecule has 2 aromatic heterocycles. The van der Waals surface area contributed by atoms with Gasteiger partial charge in [-0.1, -0.05) is 6.07 Å². The molecule has 0 aromatic carbocycles. The van der Waals surface area contributed by atoms with Crippen molar-refractivity contribution < 1.29 is 41.8 Å². The minimum atomic E-state index is -5.08. The van der Waals surface area contributed by atoms with Crippen molar-refractivity contribution in [2.24, 2.45) is 11.8 Å². The lowest BCUT2D eigenvalue weighted by Crippen LogP contribution is -2.33. The second kappa shape index (κ2) is 11.6. The topological polar surface area (TPSA) is 109 Å². The van der Waals surface area contributed by atoms with E-state index in [4.69, 9.17) is 14.6 Å². The van der Waals surface area contributed by atoms with Gasteiger partial charge in [0.25, 0.3) is 0 Å². The quantitative estimate of drug-likeness (QED) is 0.571. The minimum Gasteiger partial charge on any atom is -0.475 e. The van der Waals surface area contributed by atoms with Gasteiger partial charge in [-0.3, -0.25) is 14.6 Å². The van der Waals surface area contributed by atoms with Gasteiger partial charge in [0.1, 0.15) is 5.82 Å². The number of amides is 2. The molecule has 2 aliphatic rings. The molecule has 190 valence electrons. The number of hydrogen-bond acceptors (Lipinski definition) is 6. The summed E-state index contributed by atoms with van der Waals surface area (Å²) in [6, 6.07) is 6.80. The summed E-state index contributed by atoms with van der Waals surface area (Å²) >= 11 is 1.62. The second-order valence-corrected chi connectivity index (χ2v) is 9.13. The Balaban J connectivity index is 0.000000429. The number of ether oxygens (including phenoxy) is 1. The predicted octanol–water partition coefficient (Wildman–Crippen LogP) is 2.64. The SMILES string of the molecule is O=C(C[C@H]1CO[C@@H]2CN(C(=O)Cc3ccc(F)cn3)C[C@H]12)NCc1cccs1.O=C(O)C(F)(F)F. The molecule has 2 fully saturated rings. The van der Waals surface area contributed by atoms with E-state index in [9.17, 15) is 27.2 Å². The number of halogens is 4. The number of carbonyl (C=O) groups is 3. The summed E-state index contributed by atoms with van der Waals surface area (Å²) < 4.78 is 50.5. The van der Waals surface area contributed by atoms with Crippen LogP contribution in [0.1, 0.15) is 17.0 Å².